The topological polar surface area (TPSA) is 47.6 Å². The zero-order valence-corrected chi connectivity index (χ0v) is 14.5. The predicted molar refractivity (Wildman–Crippen MR) is 96.5 cm³/mol. The SMILES string of the molecule is CC(C)(C)OC(=O)CCCNc1ccc(Oc2ccccc2)cc1. The van der Waals surface area contributed by atoms with Crippen molar-refractivity contribution in [1.82, 2.24) is 0 Å². The molecule has 0 saturated heterocycles. The van der Waals surface area contributed by atoms with Gasteiger partial charge in [0.1, 0.15) is 17.1 Å². The van der Waals surface area contributed by atoms with E-state index in [9.17, 15) is 4.79 Å². The second kappa shape index (κ2) is 8.39. The third-order valence-corrected chi connectivity index (χ3v) is 3.14. The summed E-state index contributed by atoms with van der Waals surface area (Å²) in [5, 5.41) is 3.29. The predicted octanol–water partition coefficient (Wildman–Crippen LogP) is 5.01. The Balaban J connectivity index is 1.71. The van der Waals surface area contributed by atoms with Crippen molar-refractivity contribution in [2.45, 2.75) is 39.2 Å². The van der Waals surface area contributed by atoms with Gasteiger partial charge in [0, 0.05) is 18.7 Å². The van der Waals surface area contributed by atoms with Gasteiger partial charge in [-0.15, -0.1) is 0 Å². The highest BCUT2D eigenvalue weighted by atomic mass is 16.6. The van der Waals surface area contributed by atoms with Gasteiger partial charge in [-0.1, -0.05) is 18.2 Å². The average molecular weight is 327 g/mol. The van der Waals surface area contributed by atoms with E-state index in [0.29, 0.717) is 6.42 Å². The minimum Gasteiger partial charge on any atom is -0.460 e. The van der Waals surface area contributed by atoms with E-state index in [1.165, 1.54) is 0 Å². The molecule has 128 valence electrons. The third-order valence-electron chi connectivity index (χ3n) is 3.14. The second-order valence-corrected chi connectivity index (χ2v) is 6.56. The van der Waals surface area contributed by atoms with Crippen LogP contribution in [0.25, 0.3) is 0 Å². The van der Waals surface area contributed by atoms with E-state index in [-0.39, 0.29) is 5.97 Å². The van der Waals surface area contributed by atoms with Gasteiger partial charge in [0.05, 0.1) is 0 Å². The fraction of sp³-hybridized carbons (Fsp3) is 0.350. The Labute approximate surface area is 143 Å². The average Bonchev–Trinajstić information content (AvgIpc) is 2.52. The Morgan fingerprint density at radius 2 is 1.58 bits per heavy atom. The Bertz CT molecular complexity index is 630. The summed E-state index contributed by atoms with van der Waals surface area (Å²) in [4.78, 5) is 11.6. The van der Waals surface area contributed by atoms with Gasteiger partial charge in [-0.3, -0.25) is 4.79 Å². The number of carbonyl (C=O) groups excluding carboxylic acids is 1. The van der Waals surface area contributed by atoms with Crippen molar-refractivity contribution in [1.29, 1.82) is 0 Å². The largest absolute Gasteiger partial charge is 0.460 e. The number of rotatable bonds is 7. The number of esters is 1. The van der Waals surface area contributed by atoms with Gasteiger partial charge in [0.2, 0.25) is 0 Å². The number of ether oxygens (including phenoxy) is 2. The molecule has 0 fully saturated rings. The molecule has 0 unspecified atom stereocenters. The molecule has 0 amide bonds. The number of benzene rings is 2. The summed E-state index contributed by atoms with van der Waals surface area (Å²) in [6.07, 6.45) is 1.15. The Kier molecular flexibility index (Phi) is 6.24. The normalized spacial score (nSPS) is 11.0. The minimum absolute atomic E-state index is 0.157. The van der Waals surface area contributed by atoms with Crippen LogP contribution in [0.1, 0.15) is 33.6 Å². The highest BCUT2D eigenvalue weighted by Crippen LogP contribution is 2.22. The van der Waals surface area contributed by atoms with Crippen LogP contribution >= 0.6 is 0 Å². The van der Waals surface area contributed by atoms with Crippen LogP contribution in [-0.4, -0.2) is 18.1 Å². The number of nitrogens with one attached hydrogen (secondary N) is 1. The van der Waals surface area contributed by atoms with E-state index in [4.69, 9.17) is 9.47 Å². The van der Waals surface area contributed by atoms with Crippen LogP contribution in [0.15, 0.2) is 54.6 Å². The lowest BCUT2D eigenvalue weighted by molar-refractivity contribution is -0.154. The van der Waals surface area contributed by atoms with E-state index in [2.05, 4.69) is 5.32 Å². The molecule has 0 aliphatic heterocycles. The van der Waals surface area contributed by atoms with Gasteiger partial charge in [-0.25, -0.2) is 0 Å². The van der Waals surface area contributed by atoms with Crippen LogP contribution in [0.4, 0.5) is 5.69 Å². The summed E-state index contributed by atoms with van der Waals surface area (Å²) in [6.45, 7) is 6.35. The molecule has 2 aromatic rings. The lowest BCUT2D eigenvalue weighted by Crippen LogP contribution is -2.24. The van der Waals surface area contributed by atoms with E-state index < -0.39 is 5.60 Å². The molecule has 4 heteroatoms. The molecule has 2 rings (SSSR count). The summed E-state index contributed by atoms with van der Waals surface area (Å²) in [6, 6.07) is 17.4. The number of hydrogen-bond donors (Lipinski definition) is 1. The fourth-order valence-electron chi connectivity index (χ4n) is 2.12. The molecule has 0 saturated carbocycles. The molecule has 0 atom stereocenters. The van der Waals surface area contributed by atoms with Crippen molar-refractivity contribution in [2.75, 3.05) is 11.9 Å². The Morgan fingerprint density at radius 3 is 2.21 bits per heavy atom. The Morgan fingerprint density at radius 1 is 0.958 bits per heavy atom. The van der Waals surface area contributed by atoms with Crippen molar-refractivity contribution >= 4 is 11.7 Å². The first kappa shape index (κ1) is 17.9. The van der Waals surface area contributed by atoms with Gasteiger partial charge >= 0.3 is 5.97 Å². The van der Waals surface area contributed by atoms with E-state index in [1.807, 2.05) is 75.4 Å². The maximum absolute atomic E-state index is 11.6. The van der Waals surface area contributed by atoms with Crippen LogP contribution in [0.5, 0.6) is 11.5 Å². The van der Waals surface area contributed by atoms with Crippen LogP contribution in [0.2, 0.25) is 0 Å². The lowest BCUT2D eigenvalue weighted by atomic mass is 10.2. The maximum atomic E-state index is 11.6. The quantitative estimate of drug-likeness (QED) is 0.573. The van der Waals surface area contributed by atoms with E-state index in [0.717, 1.165) is 30.2 Å². The molecule has 0 aliphatic rings. The molecule has 0 bridgehead atoms. The Hall–Kier alpha value is -2.49. The van der Waals surface area contributed by atoms with Crippen LogP contribution in [0, 0.1) is 0 Å². The van der Waals surface area contributed by atoms with Gasteiger partial charge in [0.25, 0.3) is 0 Å². The van der Waals surface area contributed by atoms with Gasteiger partial charge < -0.3 is 14.8 Å². The van der Waals surface area contributed by atoms with Gasteiger partial charge in [-0.05, 0) is 63.6 Å². The molecule has 4 nitrogen and oxygen atoms in total. The second-order valence-electron chi connectivity index (χ2n) is 6.56. The first-order valence-corrected chi connectivity index (χ1v) is 8.21. The number of para-hydroxylation sites is 1. The summed E-state index contributed by atoms with van der Waals surface area (Å²) >= 11 is 0. The van der Waals surface area contributed by atoms with Crippen molar-refractivity contribution in [2.24, 2.45) is 0 Å². The number of carbonyl (C=O) groups is 1. The van der Waals surface area contributed by atoms with Crippen molar-refractivity contribution < 1.29 is 14.3 Å². The molecule has 0 aromatic heterocycles. The van der Waals surface area contributed by atoms with Gasteiger partial charge in [-0.2, -0.15) is 0 Å². The standard InChI is InChI=1S/C20H25NO3/c1-20(2,3)24-19(22)10-7-15-21-16-11-13-18(14-12-16)23-17-8-5-4-6-9-17/h4-6,8-9,11-14,21H,7,10,15H2,1-3H3. The summed E-state index contributed by atoms with van der Waals surface area (Å²) in [7, 11) is 0. The molecule has 0 spiro atoms. The molecule has 24 heavy (non-hydrogen) atoms. The van der Waals surface area contributed by atoms with E-state index in [1.54, 1.807) is 0 Å². The zero-order valence-electron chi connectivity index (χ0n) is 14.5. The number of anilines is 1. The minimum atomic E-state index is -0.418. The highest BCUT2D eigenvalue weighted by molar-refractivity contribution is 5.69. The molecule has 0 aliphatic carbocycles. The number of hydrogen-bond acceptors (Lipinski definition) is 4. The molecule has 0 radical (unpaired) electrons. The van der Waals surface area contributed by atoms with E-state index >= 15 is 0 Å². The van der Waals surface area contributed by atoms with Crippen LogP contribution in [0.3, 0.4) is 0 Å². The molecule has 0 heterocycles. The van der Waals surface area contributed by atoms with Crippen LogP contribution < -0.4 is 10.1 Å². The summed E-state index contributed by atoms with van der Waals surface area (Å²) in [5.74, 6) is 1.45. The third kappa shape index (κ3) is 6.73. The molecular formula is C20H25NO3. The first-order valence-electron chi connectivity index (χ1n) is 8.21. The monoisotopic (exact) mass is 327 g/mol. The van der Waals surface area contributed by atoms with Gasteiger partial charge in [0.15, 0.2) is 0 Å². The summed E-state index contributed by atoms with van der Waals surface area (Å²) in [5.41, 5.74) is 0.582. The summed E-state index contributed by atoms with van der Waals surface area (Å²) < 4.78 is 11.0. The molecule has 2 aromatic carbocycles. The molecule has 1 N–H and O–H groups in total. The first-order chi connectivity index (χ1) is 11.4. The maximum Gasteiger partial charge on any atom is 0.306 e. The van der Waals surface area contributed by atoms with Crippen LogP contribution in [-0.2, 0) is 9.53 Å². The zero-order chi connectivity index (χ0) is 17.4. The highest BCUT2D eigenvalue weighted by Gasteiger charge is 2.15. The molecular weight excluding hydrogens is 302 g/mol. The van der Waals surface area contributed by atoms with Crippen molar-refractivity contribution in [3.05, 3.63) is 54.6 Å². The lowest BCUT2D eigenvalue weighted by Gasteiger charge is -2.19. The van der Waals surface area contributed by atoms with Crippen molar-refractivity contribution in [3.63, 3.8) is 0 Å². The smallest absolute Gasteiger partial charge is 0.306 e. The van der Waals surface area contributed by atoms with Crippen molar-refractivity contribution in [3.8, 4) is 11.5 Å². The fourth-order valence-corrected chi connectivity index (χ4v) is 2.12.